The Hall–Kier alpha value is -0.820. The lowest BCUT2D eigenvalue weighted by molar-refractivity contribution is -0.137. The number of rotatable bonds is 7. The molecule has 1 fully saturated rings. The van der Waals surface area contributed by atoms with Crippen molar-refractivity contribution in [2.45, 2.75) is 44.8 Å². The molecule has 2 atom stereocenters. The zero-order valence-electron chi connectivity index (χ0n) is 11.7. The Morgan fingerprint density at radius 2 is 2.10 bits per heavy atom. The summed E-state index contributed by atoms with van der Waals surface area (Å²) in [6, 6.07) is -0.212. The van der Waals surface area contributed by atoms with Crippen molar-refractivity contribution in [3.63, 3.8) is 0 Å². The summed E-state index contributed by atoms with van der Waals surface area (Å²) in [6.07, 6.45) is -2.04. The van der Waals surface area contributed by atoms with Gasteiger partial charge >= 0.3 is 12.1 Å². The summed E-state index contributed by atoms with van der Waals surface area (Å²) >= 11 is 0. The molecule has 0 amide bonds. The van der Waals surface area contributed by atoms with Crippen LogP contribution in [0, 0.1) is 5.92 Å². The van der Waals surface area contributed by atoms with E-state index in [2.05, 4.69) is 10.2 Å². The zero-order valence-corrected chi connectivity index (χ0v) is 11.7. The molecule has 2 unspecified atom stereocenters. The van der Waals surface area contributed by atoms with Gasteiger partial charge in [0, 0.05) is 25.6 Å². The third-order valence-corrected chi connectivity index (χ3v) is 3.51. The van der Waals surface area contributed by atoms with Crippen molar-refractivity contribution in [1.29, 1.82) is 0 Å². The molecule has 118 valence electrons. The second-order valence-corrected chi connectivity index (χ2v) is 5.49. The average Bonchev–Trinajstić information content (AvgIpc) is 2.33. The second-order valence-electron chi connectivity index (χ2n) is 5.49. The van der Waals surface area contributed by atoms with Crippen LogP contribution < -0.4 is 5.32 Å². The van der Waals surface area contributed by atoms with Gasteiger partial charge in [-0.05, 0) is 31.7 Å². The lowest BCUT2D eigenvalue weighted by Gasteiger charge is -2.38. The highest BCUT2D eigenvalue weighted by Gasteiger charge is 2.31. The molecule has 7 heteroatoms. The fraction of sp³-hybridized carbons (Fsp3) is 0.923. The maximum Gasteiger partial charge on any atom is 0.401 e. The maximum atomic E-state index is 12.3. The van der Waals surface area contributed by atoms with Crippen LogP contribution in [0.3, 0.4) is 0 Å². The highest BCUT2D eigenvalue weighted by molar-refractivity contribution is 5.66. The van der Waals surface area contributed by atoms with Crippen molar-refractivity contribution in [1.82, 2.24) is 10.2 Å². The lowest BCUT2D eigenvalue weighted by Crippen LogP contribution is -2.51. The van der Waals surface area contributed by atoms with Crippen LogP contribution in [0.1, 0.15) is 32.6 Å². The number of piperidine rings is 1. The first-order valence-corrected chi connectivity index (χ1v) is 7.04. The second kappa shape index (κ2) is 7.83. The van der Waals surface area contributed by atoms with Crippen LogP contribution in [0.4, 0.5) is 13.2 Å². The Morgan fingerprint density at radius 3 is 2.65 bits per heavy atom. The van der Waals surface area contributed by atoms with E-state index in [0.29, 0.717) is 19.4 Å². The fourth-order valence-corrected chi connectivity index (χ4v) is 2.75. The van der Waals surface area contributed by atoms with E-state index >= 15 is 0 Å². The summed E-state index contributed by atoms with van der Waals surface area (Å²) in [5.41, 5.74) is 0. The topological polar surface area (TPSA) is 52.6 Å². The van der Waals surface area contributed by atoms with Gasteiger partial charge in [0.2, 0.25) is 0 Å². The molecule has 0 aromatic heterocycles. The summed E-state index contributed by atoms with van der Waals surface area (Å²) < 4.78 is 36.8. The van der Waals surface area contributed by atoms with Gasteiger partial charge in [0.05, 0.1) is 6.54 Å². The number of likely N-dealkylation sites (tertiary alicyclic amines) is 1. The molecule has 0 radical (unpaired) electrons. The number of aliphatic carboxylic acids is 1. The number of carboxylic acids is 1. The van der Waals surface area contributed by atoms with Crippen molar-refractivity contribution in [3.8, 4) is 0 Å². The number of nitrogens with one attached hydrogen (secondary N) is 1. The monoisotopic (exact) mass is 296 g/mol. The number of carboxylic acid groups (broad SMARTS) is 1. The largest absolute Gasteiger partial charge is 0.481 e. The van der Waals surface area contributed by atoms with Gasteiger partial charge in [0.25, 0.3) is 0 Å². The van der Waals surface area contributed by atoms with E-state index in [0.717, 1.165) is 19.5 Å². The Labute approximate surface area is 117 Å². The van der Waals surface area contributed by atoms with Crippen molar-refractivity contribution in [2.75, 3.05) is 26.2 Å². The number of carbonyl (C=O) groups is 1. The predicted octanol–water partition coefficient (Wildman–Crippen LogP) is 2.10. The van der Waals surface area contributed by atoms with E-state index in [1.165, 1.54) is 0 Å². The van der Waals surface area contributed by atoms with Gasteiger partial charge in [-0.3, -0.25) is 4.79 Å². The third kappa shape index (κ3) is 7.09. The van der Waals surface area contributed by atoms with Gasteiger partial charge in [-0.15, -0.1) is 0 Å². The van der Waals surface area contributed by atoms with Crippen LogP contribution in [0.5, 0.6) is 0 Å². The molecule has 0 aromatic carbocycles. The van der Waals surface area contributed by atoms with E-state index in [4.69, 9.17) is 5.11 Å². The Kier molecular flexibility index (Phi) is 6.75. The number of nitrogens with zero attached hydrogens (tertiary/aromatic N) is 1. The minimum atomic E-state index is -4.20. The summed E-state index contributed by atoms with van der Waals surface area (Å²) in [6.45, 7) is 3.27. The van der Waals surface area contributed by atoms with E-state index in [9.17, 15) is 18.0 Å². The van der Waals surface area contributed by atoms with Gasteiger partial charge in [-0.1, -0.05) is 6.92 Å². The first-order valence-electron chi connectivity index (χ1n) is 7.04. The van der Waals surface area contributed by atoms with Crippen LogP contribution in [0.25, 0.3) is 0 Å². The molecule has 0 bridgehead atoms. The molecule has 1 heterocycles. The molecular formula is C13H23F3N2O2. The van der Waals surface area contributed by atoms with Crippen molar-refractivity contribution in [3.05, 3.63) is 0 Å². The predicted molar refractivity (Wildman–Crippen MR) is 69.6 cm³/mol. The molecule has 1 aliphatic rings. The quantitative estimate of drug-likeness (QED) is 0.755. The molecule has 2 N–H and O–H groups in total. The minimum absolute atomic E-state index is 0.0800. The Balaban J connectivity index is 2.49. The van der Waals surface area contributed by atoms with Crippen molar-refractivity contribution < 1.29 is 23.1 Å². The molecule has 0 saturated carbocycles. The fourth-order valence-electron chi connectivity index (χ4n) is 2.75. The van der Waals surface area contributed by atoms with Crippen molar-refractivity contribution in [2.24, 2.45) is 5.92 Å². The van der Waals surface area contributed by atoms with Gasteiger partial charge in [-0.2, -0.15) is 13.2 Å². The number of halogens is 3. The molecule has 20 heavy (non-hydrogen) atoms. The van der Waals surface area contributed by atoms with Crippen LogP contribution in [-0.2, 0) is 4.79 Å². The molecular weight excluding hydrogens is 273 g/mol. The van der Waals surface area contributed by atoms with E-state index in [1.807, 2.05) is 6.92 Å². The van der Waals surface area contributed by atoms with Gasteiger partial charge in [-0.25, -0.2) is 0 Å². The van der Waals surface area contributed by atoms with Crippen LogP contribution in [0.15, 0.2) is 0 Å². The standard InChI is InChI=1S/C13H23F3N2O2/c1-2-5-18-7-10(3-4-12(19)20)6-11(8-18)17-9-13(14,15)16/h10-11,17H,2-9H2,1H3,(H,19,20). The normalized spacial score (nSPS) is 24.8. The summed E-state index contributed by atoms with van der Waals surface area (Å²) in [5.74, 6) is -0.699. The SMILES string of the molecule is CCCN1CC(CCC(=O)O)CC(NCC(F)(F)F)C1. The highest BCUT2D eigenvalue weighted by atomic mass is 19.4. The Morgan fingerprint density at radius 1 is 1.40 bits per heavy atom. The van der Waals surface area contributed by atoms with E-state index in [1.54, 1.807) is 0 Å². The maximum absolute atomic E-state index is 12.3. The molecule has 1 saturated heterocycles. The molecule has 0 aliphatic carbocycles. The number of alkyl halides is 3. The van der Waals surface area contributed by atoms with Crippen molar-refractivity contribution >= 4 is 5.97 Å². The average molecular weight is 296 g/mol. The molecule has 0 spiro atoms. The van der Waals surface area contributed by atoms with Gasteiger partial charge in [0.15, 0.2) is 0 Å². The van der Waals surface area contributed by atoms with Crippen LogP contribution in [-0.4, -0.2) is 54.4 Å². The third-order valence-electron chi connectivity index (χ3n) is 3.51. The van der Waals surface area contributed by atoms with Gasteiger partial charge < -0.3 is 15.3 Å². The molecule has 0 aromatic rings. The first-order chi connectivity index (χ1) is 9.30. The molecule has 1 aliphatic heterocycles. The first kappa shape index (κ1) is 17.2. The number of hydrogen-bond donors (Lipinski definition) is 2. The minimum Gasteiger partial charge on any atom is -0.481 e. The van der Waals surface area contributed by atoms with Crippen LogP contribution >= 0.6 is 0 Å². The summed E-state index contributed by atoms with van der Waals surface area (Å²) in [5, 5.41) is 11.3. The van der Waals surface area contributed by atoms with Crippen LogP contribution in [0.2, 0.25) is 0 Å². The number of hydrogen-bond acceptors (Lipinski definition) is 3. The molecule has 1 rings (SSSR count). The van der Waals surface area contributed by atoms with Gasteiger partial charge in [0.1, 0.15) is 0 Å². The highest BCUT2D eigenvalue weighted by Crippen LogP contribution is 2.22. The smallest absolute Gasteiger partial charge is 0.401 e. The summed E-state index contributed by atoms with van der Waals surface area (Å²) in [4.78, 5) is 12.7. The zero-order chi connectivity index (χ0) is 15.2. The van der Waals surface area contributed by atoms with E-state index < -0.39 is 18.7 Å². The Bertz CT molecular complexity index is 310. The summed E-state index contributed by atoms with van der Waals surface area (Å²) in [7, 11) is 0. The lowest BCUT2D eigenvalue weighted by atomic mass is 9.90. The molecule has 4 nitrogen and oxygen atoms in total. The van der Waals surface area contributed by atoms with E-state index in [-0.39, 0.29) is 18.4 Å².